The zero-order valence-corrected chi connectivity index (χ0v) is 16.0. The highest BCUT2D eigenvalue weighted by molar-refractivity contribution is 5.82. The van der Waals surface area contributed by atoms with Crippen LogP contribution in [0.3, 0.4) is 0 Å². The summed E-state index contributed by atoms with van der Waals surface area (Å²) in [6, 6.07) is 7.13. The predicted octanol–water partition coefficient (Wildman–Crippen LogP) is 5.35. The third kappa shape index (κ3) is 2.24. The van der Waals surface area contributed by atoms with E-state index in [1.54, 1.807) is 11.6 Å². The number of allylic oxidation sites excluding steroid dienone is 1. The zero-order valence-electron chi connectivity index (χ0n) is 16.0. The Bertz CT molecular complexity index is 954. The summed E-state index contributed by atoms with van der Waals surface area (Å²) in [6.45, 7) is 0. The molecule has 2 aromatic rings. The van der Waals surface area contributed by atoms with E-state index in [0.29, 0.717) is 22.8 Å². The van der Waals surface area contributed by atoms with Gasteiger partial charge in [0.1, 0.15) is 5.82 Å². The third-order valence-electron chi connectivity index (χ3n) is 8.33. The molecule has 3 saturated carbocycles. The highest BCUT2D eigenvalue weighted by Crippen LogP contribution is 2.70. The van der Waals surface area contributed by atoms with Crippen LogP contribution in [0.4, 0.5) is 4.39 Å². The first-order chi connectivity index (χ1) is 13.1. The van der Waals surface area contributed by atoms with Crippen molar-refractivity contribution in [3.63, 3.8) is 0 Å². The number of nitrogens with zero attached hydrogens (tertiary/aromatic N) is 1. The quantitative estimate of drug-likeness (QED) is 0.742. The molecule has 2 unspecified atom stereocenters. The molecule has 0 saturated heterocycles. The fourth-order valence-corrected chi connectivity index (χ4v) is 6.63. The van der Waals surface area contributed by atoms with E-state index in [1.807, 2.05) is 12.3 Å². The summed E-state index contributed by atoms with van der Waals surface area (Å²) in [7, 11) is 2.16. The number of halogens is 1. The van der Waals surface area contributed by atoms with Crippen molar-refractivity contribution < 1.29 is 4.39 Å². The van der Waals surface area contributed by atoms with Gasteiger partial charge in [0.25, 0.3) is 0 Å². The largest absolute Gasteiger partial charge is 0.313 e. The van der Waals surface area contributed by atoms with Crippen molar-refractivity contribution >= 4 is 10.9 Å². The molecule has 140 valence electrons. The second-order valence-electron chi connectivity index (χ2n) is 9.46. The van der Waals surface area contributed by atoms with Crippen molar-refractivity contribution in [2.75, 3.05) is 7.05 Å². The average Bonchev–Trinajstić information content (AvgIpc) is 3.56. The average molecular weight is 362 g/mol. The molecule has 3 heteroatoms. The van der Waals surface area contributed by atoms with Crippen molar-refractivity contribution in [3.05, 3.63) is 53.5 Å². The van der Waals surface area contributed by atoms with Crippen LogP contribution in [0.2, 0.25) is 0 Å². The van der Waals surface area contributed by atoms with Crippen LogP contribution in [0.5, 0.6) is 0 Å². The molecule has 1 aromatic carbocycles. The molecule has 27 heavy (non-hydrogen) atoms. The van der Waals surface area contributed by atoms with Crippen LogP contribution in [0.15, 0.2) is 42.1 Å². The van der Waals surface area contributed by atoms with Gasteiger partial charge in [-0.25, -0.2) is 4.39 Å². The number of hydrogen-bond donors (Lipinski definition) is 1. The normalized spacial score (nSPS) is 32.4. The first kappa shape index (κ1) is 16.2. The van der Waals surface area contributed by atoms with Crippen LogP contribution in [-0.4, -0.2) is 17.6 Å². The maximum atomic E-state index is 13.8. The number of pyridine rings is 1. The molecular formula is C24H27FN2. The molecule has 0 amide bonds. The van der Waals surface area contributed by atoms with E-state index < -0.39 is 0 Å². The Kier molecular flexibility index (Phi) is 3.25. The van der Waals surface area contributed by atoms with Gasteiger partial charge in [-0.15, -0.1) is 0 Å². The van der Waals surface area contributed by atoms with Gasteiger partial charge in [-0.1, -0.05) is 11.6 Å². The molecule has 6 rings (SSSR count). The Morgan fingerprint density at radius 3 is 2.67 bits per heavy atom. The minimum Gasteiger partial charge on any atom is -0.313 e. The SMILES string of the molecule is CNC1(C2(C3=CC4C[C@@H](c5ccnc6ccc(F)cc56)CC4C3)CC2)CC1. The van der Waals surface area contributed by atoms with Gasteiger partial charge in [0.15, 0.2) is 0 Å². The van der Waals surface area contributed by atoms with Crippen LogP contribution in [-0.2, 0) is 0 Å². The second-order valence-corrected chi connectivity index (χ2v) is 9.46. The predicted molar refractivity (Wildman–Crippen MR) is 106 cm³/mol. The number of hydrogen-bond acceptors (Lipinski definition) is 2. The minimum absolute atomic E-state index is 0.158. The van der Waals surface area contributed by atoms with Gasteiger partial charge in [0.05, 0.1) is 5.52 Å². The molecule has 3 fully saturated rings. The first-order valence-electron chi connectivity index (χ1n) is 10.6. The molecule has 1 heterocycles. The Hall–Kier alpha value is -1.74. The van der Waals surface area contributed by atoms with Crippen molar-refractivity contribution in [2.45, 2.75) is 56.4 Å². The van der Waals surface area contributed by atoms with Gasteiger partial charge in [-0.3, -0.25) is 4.98 Å². The van der Waals surface area contributed by atoms with Crippen molar-refractivity contribution in [1.29, 1.82) is 0 Å². The van der Waals surface area contributed by atoms with Crippen LogP contribution in [0.25, 0.3) is 10.9 Å². The fraction of sp³-hybridized carbons (Fsp3) is 0.542. The van der Waals surface area contributed by atoms with Crippen LogP contribution in [0.1, 0.15) is 56.4 Å². The summed E-state index contributed by atoms with van der Waals surface area (Å²) >= 11 is 0. The molecule has 3 atom stereocenters. The highest BCUT2D eigenvalue weighted by Gasteiger charge is 2.66. The lowest BCUT2D eigenvalue weighted by molar-refractivity contribution is 0.362. The second kappa shape index (κ2) is 5.41. The third-order valence-corrected chi connectivity index (χ3v) is 8.33. The maximum absolute atomic E-state index is 13.8. The van der Waals surface area contributed by atoms with Crippen LogP contribution < -0.4 is 5.32 Å². The number of aromatic nitrogens is 1. The number of fused-ring (bicyclic) bond motifs is 2. The van der Waals surface area contributed by atoms with Gasteiger partial charge in [-0.05, 0) is 99.6 Å². The molecular weight excluding hydrogens is 335 g/mol. The smallest absolute Gasteiger partial charge is 0.123 e. The lowest BCUT2D eigenvalue weighted by Crippen LogP contribution is -2.38. The number of benzene rings is 1. The standard InChI is InChI=1S/C24H27FN2/c1-26-24(7-8-24)23(5-6-23)18-12-15-10-17(11-16(15)13-18)20-4-9-27-22-3-2-19(25)14-21(20)22/h2-4,9,12,14-17,26H,5-8,10-11,13H2,1H3/t15?,16?,17-/m1/s1. The van der Waals surface area contributed by atoms with Gasteiger partial charge in [0.2, 0.25) is 0 Å². The topological polar surface area (TPSA) is 24.9 Å². The van der Waals surface area contributed by atoms with E-state index in [4.69, 9.17) is 0 Å². The lowest BCUT2D eigenvalue weighted by atomic mass is 9.82. The maximum Gasteiger partial charge on any atom is 0.123 e. The summed E-state index contributed by atoms with van der Waals surface area (Å²) in [4.78, 5) is 4.44. The first-order valence-corrected chi connectivity index (χ1v) is 10.6. The summed E-state index contributed by atoms with van der Waals surface area (Å²) < 4.78 is 13.8. The van der Waals surface area contributed by atoms with Crippen molar-refractivity contribution in [3.8, 4) is 0 Å². The van der Waals surface area contributed by atoms with Gasteiger partial charge in [0, 0.05) is 22.5 Å². The van der Waals surface area contributed by atoms with Crippen molar-refractivity contribution in [1.82, 2.24) is 10.3 Å². The summed E-state index contributed by atoms with van der Waals surface area (Å²) in [5.74, 6) is 1.88. The summed E-state index contributed by atoms with van der Waals surface area (Å²) in [5.41, 5.74) is 4.92. The number of rotatable bonds is 4. The Morgan fingerprint density at radius 2 is 1.96 bits per heavy atom. The van der Waals surface area contributed by atoms with E-state index in [2.05, 4.69) is 29.5 Å². The van der Waals surface area contributed by atoms with Gasteiger partial charge < -0.3 is 5.32 Å². The Balaban J connectivity index is 1.28. The van der Waals surface area contributed by atoms with E-state index in [0.717, 1.165) is 16.8 Å². The number of nitrogens with one attached hydrogen (secondary N) is 1. The highest BCUT2D eigenvalue weighted by atomic mass is 19.1. The monoisotopic (exact) mass is 362 g/mol. The molecule has 4 aliphatic rings. The van der Waals surface area contributed by atoms with E-state index in [9.17, 15) is 4.39 Å². The van der Waals surface area contributed by atoms with Gasteiger partial charge >= 0.3 is 0 Å². The summed E-state index contributed by atoms with van der Waals surface area (Å²) in [5, 5.41) is 4.69. The Morgan fingerprint density at radius 1 is 1.11 bits per heavy atom. The molecule has 4 aliphatic carbocycles. The molecule has 0 aliphatic heterocycles. The van der Waals surface area contributed by atoms with Crippen molar-refractivity contribution in [2.24, 2.45) is 17.3 Å². The Labute approximate surface area is 160 Å². The molecule has 1 N–H and O–H groups in total. The summed E-state index contributed by atoms with van der Waals surface area (Å²) in [6.07, 6.45) is 13.8. The molecule has 0 spiro atoms. The lowest BCUT2D eigenvalue weighted by Gasteiger charge is -2.29. The fourth-order valence-electron chi connectivity index (χ4n) is 6.63. The van der Waals surface area contributed by atoms with E-state index in [-0.39, 0.29) is 5.82 Å². The molecule has 0 bridgehead atoms. The minimum atomic E-state index is -0.158. The molecule has 0 radical (unpaired) electrons. The van der Waals surface area contributed by atoms with E-state index in [1.165, 1.54) is 56.6 Å². The van der Waals surface area contributed by atoms with Crippen LogP contribution in [0, 0.1) is 23.1 Å². The van der Waals surface area contributed by atoms with Gasteiger partial charge in [-0.2, -0.15) is 0 Å². The molecule has 2 nitrogen and oxygen atoms in total. The zero-order chi connectivity index (χ0) is 18.2. The molecule has 1 aromatic heterocycles. The van der Waals surface area contributed by atoms with E-state index >= 15 is 0 Å². The van der Waals surface area contributed by atoms with Crippen LogP contribution >= 0.6 is 0 Å².